The minimum atomic E-state index is -1.12. The van der Waals surface area contributed by atoms with E-state index in [1.807, 2.05) is 44.2 Å². The van der Waals surface area contributed by atoms with E-state index in [1.54, 1.807) is 22.0 Å². The van der Waals surface area contributed by atoms with Crippen LogP contribution in [-0.2, 0) is 28.7 Å². The number of carbonyl (C=O) groups excluding carboxylic acids is 4. The van der Waals surface area contributed by atoms with Crippen LogP contribution in [0.25, 0.3) is 0 Å². The topological polar surface area (TPSA) is 125 Å². The number of unbranched alkanes of at least 4 members (excludes halogenated alkanes) is 1. The van der Waals surface area contributed by atoms with Gasteiger partial charge in [-0.15, -0.1) is 13.2 Å². The number of esters is 1. The second-order valence-electron chi connectivity index (χ2n) is 11.9. The largest absolute Gasteiger partial charge is 0.463 e. The molecule has 2 bridgehead atoms. The number of aliphatic hydroxyl groups excluding tert-OH is 1. The van der Waals surface area contributed by atoms with Crippen LogP contribution in [0.5, 0.6) is 0 Å². The van der Waals surface area contributed by atoms with E-state index in [2.05, 4.69) is 18.5 Å². The molecule has 0 aliphatic carbocycles. The fraction of sp³-hybridized carbons (Fsp3) is 0.576. The van der Waals surface area contributed by atoms with E-state index in [1.165, 1.54) is 0 Å². The number of fused-ring (bicyclic) bond motifs is 1. The molecular weight excluding hydrogens is 550 g/mol. The number of hydrogen-bond donors (Lipinski definition) is 2. The van der Waals surface area contributed by atoms with Gasteiger partial charge >= 0.3 is 5.97 Å². The van der Waals surface area contributed by atoms with Crippen molar-refractivity contribution in [2.24, 2.45) is 11.8 Å². The van der Waals surface area contributed by atoms with Gasteiger partial charge in [-0.1, -0.05) is 42.5 Å². The normalized spacial score (nSPS) is 26.2. The van der Waals surface area contributed by atoms with Crippen LogP contribution in [0.3, 0.4) is 0 Å². The van der Waals surface area contributed by atoms with E-state index >= 15 is 0 Å². The lowest BCUT2D eigenvalue weighted by Crippen LogP contribution is -2.57. The molecule has 3 heterocycles. The molecule has 3 amide bonds. The first kappa shape index (κ1) is 32.4. The summed E-state index contributed by atoms with van der Waals surface area (Å²) in [5, 5.41) is 12.4. The molecule has 10 nitrogen and oxygen atoms in total. The molecular formula is C33H45N3O7. The van der Waals surface area contributed by atoms with Gasteiger partial charge in [-0.05, 0) is 51.5 Å². The van der Waals surface area contributed by atoms with Crippen LogP contribution in [0.1, 0.15) is 64.0 Å². The molecule has 1 aromatic rings. The zero-order valence-corrected chi connectivity index (χ0v) is 25.3. The fourth-order valence-corrected chi connectivity index (χ4v) is 6.86. The summed E-state index contributed by atoms with van der Waals surface area (Å²) in [6, 6.07) is 7.61. The van der Waals surface area contributed by atoms with Crippen LogP contribution in [0.2, 0.25) is 0 Å². The van der Waals surface area contributed by atoms with Crippen LogP contribution in [-0.4, -0.2) is 88.7 Å². The van der Waals surface area contributed by atoms with Crippen molar-refractivity contribution in [1.29, 1.82) is 0 Å². The third-order valence-electron chi connectivity index (χ3n) is 8.86. The molecule has 43 heavy (non-hydrogen) atoms. The maximum absolute atomic E-state index is 14.2. The molecule has 6 atom stereocenters. The van der Waals surface area contributed by atoms with Gasteiger partial charge in [-0.25, -0.2) is 0 Å². The molecule has 4 rings (SSSR count). The average Bonchev–Trinajstić information content (AvgIpc) is 3.64. The molecule has 3 fully saturated rings. The van der Waals surface area contributed by atoms with Crippen molar-refractivity contribution in [3.05, 3.63) is 61.2 Å². The van der Waals surface area contributed by atoms with Gasteiger partial charge in [0.25, 0.3) is 0 Å². The summed E-state index contributed by atoms with van der Waals surface area (Å²) in [7, 11) is 0. The zero-order chi connectivity index (χ0) is 31.1. The molecule has 1 spiro atoms. The number of benzene rings is 1. The highest BCUT2D eigenvalue weighted by atomic mass is 16.5. The van der Waals surface area contributed by atoms with Crippen molar-refractivity contribution in [2.75, 3.05) is 26.3 Å². The number of aliphatic hydroxyl groups is 1. The summed E-state index contributed by atoms with van der Waals surface area (Å²) in [4.78, 5) is 57.9. The molecule has 0 unspecified atom stereocenters. The number of hydrogen-bond acceptors (Lipinski definition) is 7. The number of rotatable bonds is 16. The Hall–Kier alpha value is -3.50. The highest BCUT2D eigenvalue weighted by Gasteiger charge is 2.74. The summed E-state index contributed by atoms with van der Waals surface area (Å²) in [5.74, 6) is -2.86. The van der Waals surface area contributed by atoms with Gasteiger partial charge in [0.2, 0.25) is 17.7 Å². The first-order valence-electron chi connectivity index (χ1n) is 15.3. The third-order valence-corrected chi connectivity index (χ3v) is 8.86. The van der Waals surface area contributed by atoms with Crippen molar-refractivity contribution >= 4 is 23.7 Å². The molecule has 0 radical (unpaired) electrons. The van der Waals surface area contributed by atoms with Gasteiger partial charge in [0.05, 0.1) is 24.0 Å². The van der Waals surface area contributed by atoms with E-state index in [0.29, 0.717) is 38.6 Å². The lowest BCUT2D eigenvalue weighted by Gasteiger charge is -2.38. The van der Waals surface area contributed by atoms with Gasteiger partial charge < -0.3 is 29.7 Å². The Kier molecular flexibility index (Phi) is 10.8. The number of nitrogens with one attached hydrogen (secondary N) is 1. The van der Waals surface area contributed by atoms with Crippen molar-refractivity contribution < 1.29 is 33.8 Å². The monoisotopic (exact) mass is 595 g/mol. The standard InChI is InChI=1S/C33H45N3O7/c1-5-7-15-26(38)42-21-24(23-13-9-8-10-14-23)34-30(39)27-25-16-17-33(43-25)28(27)31(40)36(19-11-12-20-37)29(33)32(41)35(18-6-2)22(3)4/h5-6,8-10,13-14,22,24-25,27-29,37H,1-2,7,11-12,15-21H2,3-4H3,(H,34,39)/t24-,25-,27+,28+,29-,33+/m0/s1. The molecule has 1 aromatic carbocycles. The van der Waals surface area contributed by atoms with Gasteiger partial charge in [-0.3, -0.25) is 19.2 Å². The molecule has 234 valence electrons. The first-order valence-corrected chi connectivity index (χ1v) is 15.3. The summed E-state index contributed by atoms with van der Waals surface area (Å²) >= 11 is 0. The number of nitrogens with zero attached hydrogens (tertiary/aromatic N) is 2. The zero-order valence-electron chi connectivity index (χ0n) is 25.3. The minimum absolute atomic E-state index is 0.0214. The molecule has 3 aliphatic rings. The average molecular weight is 596 g/mol. The lowest BCUT2D eigenvalue weighted by molar-refractivity contribution is -0.149. The van der Waals surface area contributed by atoms with Crippen LogP contribution in [0.15, 0.2) is 55.6 Å². The van der Waals surface area contributed by atoms with Crippen LogP contribution in [0.4, 0.5) is 0 Å². The van der Waals surface area contributed by atoms with Gasteiger partial charge in [0.1, 0.15) is 18.2 Å². The summed E-state index contributed by atoms with van der Waals surface area (Å²) < 4.78 is 12.1. The van der Waals surface area contributed by atoms with Gasteiger partial charge in [0, 0.05) is 32.2 Å². The second kappa shape index (κ2) is 14.3. The Morgan fingerprint density at radius 3 is 2.60 bits per heavy atom. The predicted molar refractivity (Wildman–Crippen MR) is 160 cm³/mol. The van der Waals surface area contributed by atoms with E-state index in [-0.39, 0.29) is 49.9 Å². The maximum Gasteiger partial charge on any atom is 0.306 e. The number of carbonyl (C=O) groups is 4. The number of allylic oxidation sites excluding steroid dienone is 1. The first-order chi connectivity index (χ1) is 20.7. The molecule has 3 saturated heterocycles. The smallest absolute Gasteiger partial charge is 0.306 e. The van der Waals surface area contributed by atoms with E-state index in [4.69, 9.17) is 9.47 Å². The van der Waals surface area contributed by atoms with Crippen molar-refractivity contribution in [3.63, 3.8) is 0 Å². The molecule has 0 aromatic heterocycles. The molecule has 0 saturated carbocycles. The van der Waals surface area contributed by atoms with Crippen molar-refractivity contribution in [1.82, 2.24) is 15.1 Å². The number of amides is 3. The second-order valence-corrected chi connectivity index (χ2v) is 11.9. The molecule has 2 N–H and O–H groups in total. The Morgan fingerprint density at radius 2 is 1.95 bits per heavy atom. The molecule has 10 heteroatoms. The van der Waals surface area contributed by atoms with Crippen LogP contribution < -0.4 is 5.32 Å². The summed E-state index contributed by atoms with van der Waals surface area (Å²) in [6.45, 7) is 11.8. The number of ether oxygens (including phenoxy) is 2. The van der Waals surface area contributed by atoms with E-state index in [0.717, 1.165) is 5.56 Å². The number of likely N-dealkylation sites (tertiary alicyclic amines) is 1. The quantitative estimate of drug-likeness (QED) is 0.171. The predicted octanol–water partition coefficient (Wildman–Crippen LogP) is 2.92. The SMILES string of the molecule is C=CCCC(=O)OC[C@H](NC(=O)[C@@H]1[C@@H]2CC[C@]3(O2)[C@H](C(=O)N(CC=C)C(C)C)N(CCCCO)C(=O)[C@@H]13)c1ccccc1. The van der Waals surface area contributed by atoms with E-state index in [9.17, 15) is 24.3 Å². The highest BCUT2D eigenvalue weighted by molar-refractivity contribution is 5.99. The van der Waals surface area contributed by atoms with Gasteiger partial charge in [-0.2, -0.15) is 0 Å². The molecule has 3 aliphatic heterocycles. The lowest BCUT2D eigenvalue weighted by atomic mass is 9.70. The van der Waals surface area contributed by atoms with Crippen molar-refractivity contribution in [2.45, 2.75) is 82.2 Å². The van der Waals surface area contributed by atoms with E-state index < -0.39 is 41.6 Å². The van der Waals surface area contributed by atoms with Crippen molar-refractivity contribution in [3.8, 4) is 0 Å². The van der Waals surface area contributed by atoms with Crippen LogP contribution >= 0.6 is 0 Å². The van der Waals surface area contributed by atoms with Crippen LogP contribution in [0, 0.1) is 11.8 Å². The minimum Gasteiger partial charge on any atom is -0.463 e. The highest BCUT2D eigenvalue weighted by Crippen LogP contribution is 2.58. The summed E-state index contributed by atoms with van der Waals surface area (Å²) in [5.41, 5.74) is -0.354. The Balaban J connectivity index is 1.62. The fourth-order valence-electron chi connectivity index (χ4n) is 6.86. The third kappa shape index (κ3) is 6.55. The Labute approximate surface area is 254 Å². The maximum atomic E-state index is 14.2. The summed E-state index contributed by atoms with van der Waals surface area (Å²) in [6.07, 6.45) is 5.52. The Bertz CT molecular complexity index is 1190. The van der Waals surface area contributed by atoms with Gasteiger partial charge in [0.15, 0.2) is 0 Å². The Morgan fingerprint density at radius 1 is 1.21 bits per heavy atom.